The number of nitrogens with one attached hydrogen (secondary N) is 2. The molecule has 0 spiro atoms. The lowest BCUT2D eigenvalue weighted by Crippen LogP contribution is -2.41. The minimum atomic E-state index is -0.223. The molecule has 2 aromatic rings. The number of carbonyl (C=O) groups is 1. The van der Waals surface area contributed by atoms with Gasteiger partial charge < -0.3 is 24.8 Å². The first-order valence-corrected chi connectivity index (χ1v) is 8.86. The average molecular weight is 371 g/mol. The lowest BCUT2D eigenvalue weighted by atomic mass is 10.3. The third-order valence-electron chi connectivity index (χ3n) is 4.33. The molecule has 2 aliphatic rings. The largest absolute Gasteiger partial charge is 0.454 e. The second-order valence-electron chi connectivity index (χ2n) is 6.17. The Morgan fingerprint density at radius 2 is 2.00 bits per heavy atom. The number of nitrogens with zero attached hydrogens (tertiary/aromatic N) is 3. The van der Waals surface area contributed by atoms with Crippen LogP contribution in [0.3, 0.4) is 0 Å². The van der Waals surface area contributed by atoms with Crippen LogP contribution in [0.4, 0.5) is 11.6 Å². The Balaban J connectivity index is 1.33. The molecule has 1 fully saturated rings. The molecule has 0 bridgehead atoms. The highest BCUT2D eigenvalue weighted by Crippen LogP contribution is 2.34. The third kappa shape index (κ3) is 4.44. The van der Waals surface area contributed by atoms with Crippen molar-refractivity contribution in [2.45, 2.75) is 0 Å². The molecule has 2 aliphatic heterocycles. The number of aromatic nitrogens is 2. The molecule has 0 unspecified atom stereocenters. The fourth-order valence-electron chi connectivity index (χ4n) is 2.89. The van der Waals surface area contributed by atoms with E-state index in [4.69, 9.17) is 14.2 Å². The first-order chi connectivity index (χ1) is 13.3. The Morgan fingerprint density at radius 3 is 2.89 bits per heavy atom. The molecule has 0 saturated carbocycles. The Hall–Kier alpha value is -2.91. The molecule has 1 aromatic heterocycles. The fourth-order valence-corrected chi connectivity index (χ4v) is 2.89. The van der Waals surface area contributed by atoms with Gasteiger partial charge in [-0.15, -0.1) is 0 Å². The van der Waals surface area contributed by atoms with Crippen molar-refractivity contribution < 1.29 is 19.0 Å². The molecule has 9 nitrogen and oxygen atoms in total. The van der Waals surface area contributed by atoms with Crippen LogP contribution >= 0.6 is 0 Å². The van der Waals surface area contributed by atoms with Crippen LogP contribution in [-0.2, 0) is 4.74 Å². The van der Waals surface area contributed by atoms with Crippen LogP contribution in [0.2, 0.25) is 0 Å². The number of benzene rings is 1. The van der Waals surface area contributed by atoms with Crippen molar-refractivity contribution in [2.75, 3.05) is 51.5 Å². The smallest absolute Gasteiger partial charge is 0.270 e. The van der Waals surface area contributed by atoms with Crippen LogP contribution in [0.1, 0.15) is 10.5 Å². The minimum absolute atomic E-state index is 0.218. The summed E-state index contributed by atoms with van der Waals surface area (Å²) in [4.78, 5) is 23.1. The predicted octanol–water partition coefficient (Wildman–Crippen LogP) is 1.01. The zero-order valence-electron chi connectivity index (χ0n) is 14.8. The van der Waals surface area contributed by atoms with Gasteiger partial charge in [-0.25, -0.2) is 9.97 Å². The number of amides is 1. The van der Waals surface area contributed by atoms with Crippen molar-refractivity contribution >= 4 is 17.5 Å². The van der Waals surface area contributed by atoms with Gasteiger partial charge in [-0.3, -0.25) is 9.69 Å². The highest BCUT2D eigenvalue weighted by atomic mass is 16.7. The number of hydrogen-bond donors (Lipinski definition) is 2. The zero-order chi connectivity index (χ0) is 18.5. The number of anilines is 2. The normalized spacial score (nSPS) is 16.1. The van der Waals surface area contributed by atoms with E-state index < -0.39 is 0 Å². The molecule has 4 rings (SSSR count). The second kappa shape index (κ2) is 8.19. The maximum atomic E-state index is 12.3. The first kappa shape index (κ1) is 17.5. The molecule has 2 N–H and O–H groups in total. The van der Waals surface area contributed by atoms with Gasteiger partial charge in [-0.05, 0) is 18.2 Å². The van der Waals surface area contributed by atoms with Gasteiger partial charge in [0.15, 0.2) is 11.5 Å². The molecular weight excluding hydrogens is 350 g/mol. The molecule has 0 aliphatic carbocycles. The van der Waals surface area contributed by atoms with Crippen molar-refractivity contribution in [1.29, 1.82) is 0 Å². The van der Waals surface area contributed by atoms with Crippen LogP contribution in [0.5, 0.6) is 11.5 Å². The lowest BCUT2D eigenvalue weighted by molar-refractivity contribution is 0.0383. The Labute approximate surface area is 156 Å². The van der Waals surface area contributed by atoms with Crippen molar-refractivity contribution in [1.82, 2.24) is 20.2 Å². The molecule has 0 atom stereocenters. The summed E-state index contributed by atoms with van der Waals surface area (Å²) in [5.74, 6) is 1.49. The predicted molar refractivity (Wildman–Crippen MR) is 97.5 cm³/mol. The van der Waals surface area contributed by atoms with Gasteiger partial charge >= 0.3 is 0 Å². The topological polar surface area (TPSA) is 97.8 Å². The van der Waals surface area contributed by atoms with Gasteiger partial charge in [0.05, 0.1) is 13.2 Å². The Morgan fingerprint density at radius 1 is 1.15 bits per heavy atom. The fraction of sp³-hybridized carbons (Fsp3) is 0.389. The third-order valence-corrected chi connectivity index (χ3v) is 4.33. The SMILES string of the molecule is O=C(NCCN1CCOCC1)c1ccnc(Nc2ccc3c(c2)OCO3)n1. The summed E-state index contributed by atoms with van der Waals surface area (Å²) in [5, 5.41) is 5.97. The molecule has 3 heterocycles. The van der Waals surface area contributed by atoms with Gasteiger partial charge in [0, 0.05) is 44.1 Å². The maximum absolute atomic E-state index is 12.3. The quantitative estimate of drug-likeness (QED) is 0.777. The average Bonchev–Trinajstić information content (AvgIpc) is 3.17. The highest BCUT2D eigenvalue weighted by Gasteiger charge is 2.15. The number of ether oxygens (including phenoxy) is 3. The van der Waals surface area contributed by atoms with E-state index in [-0.39, 0.29) is 12.7 Å². The van der Waals surface area contributed by atoms with E-state index in [1.165, 1.54) is 0 Å². The number of hydrogen-bond acceptors (Lipinski definition) is 8. The minimum Gasteiger partial charge on any atom is -0.454 e. The summed E-state index contributed by atoms with van der Waals surface area (Å²) < 4.78 is 16.0. The Bertz CT molecular complexity index is 810. The van der Waals surface area contributed by atoms with E-state index in [9.17, 15) is 4.79 Å². The van der Waals surface area contributed by atoms with E-state index >= 15 is 0 Å². The monoisotopic (exact) mass is 371 g/mol. The molecule has 9 heteroatoms. The van der Waals surface area contributed by atoms with Crippen LogP contribution in [0.25, 0.3) is 0 Å². The number of carbonyl (C=O) groups excluding carboxylic acids is 1. The second-order valence-corrected chi connectivity index (χ2v) is 6.17. The first-order valence-electron chi connectivity index (χ1n) is 8.86. The van der Waals surface area contributed by atoms with Crippen LogP contribution in [0, 0.1) is 0 Å². The molecule has 0 radical (unpaired) electrons. The highest BCUT2D eigenvalue weighted by molar-refractivity contribution is 5.92. The van der Waals surface area contributed by atoms with Gasteiger partial charge in [0.2, 0.25) is 12.7 Å². The number of rotatable bonds is 6. The van der Waals surface area contributed by atoms with E-state index in [2.05, 4.69) is 25.5 Å². The summed E-state index contributed by atoms with van der Waals surface area (Å²) in [6.45, 7) is 4.86. The molecular formula is C18H21N5O4. The van der Waals surface area contributed by atoms with Crippen LogP contribution in [0.15, 0.2) is 30.5 Å². The lowest BCUT2D eigenvalue weighted by Gasteiger charge is -2.26. The summed E-state index contributed by atoms with van der Waals surface area (Å²) in [5.41, 5.74) is 1.07. The summed E-state index contributed by atoms with van der Waals surface area (Å²) in [6, 6.07) is 7.05. The number of morpholine rings is 1. The van der Waals surface area contributed by atoms with Gasteiger partial charge in [-0.1, -0.05) is 0 Å². The Kier molecular flexibility index (Phi) is 5.31. The van der Waals surface area contributed by atoms with E-state index in [1.54, 1.807) is 18.3 Å². The van der Waals surface area contributed by atoms with E-state index in [0.717, 1.165) is 38.5 Å². The van der Waals surface area contributed by atoms with Crippen molar-refractivity contribution in [3.8, 4) is 11.5 Å². The molecule has 1 amide bonds. The maximum Gasteiger partial charge on any atom is 0.270 e. The van der Waals surface area contributed by atoms with Crippen molar-refractivity contribution in [3.05, 3.63) is 36.2 Å². The van der Waals surface area contributed by atoms with Gasteiger partial charge in [0.1, 0.15) is 5.69 Å². The van der Waals surface area contributed by atoms with Crippen LogP contribution in [-0.4, -0.2) is 67.0 Å². The molecule has 142 valence electrons. The van der Waals surface area contributed by atoms with Crippen molar-refractivity contribution in [3.63, 3.8) is 0 Å². The molecule has 1 aromatic carbocycles. The molecule has 27 heavy (non-hydrogen) atoms. The van der Waals surface area contributed by atoms with Crippen LogP contribution < -0.4 is 20.1 Å². The van der Waals surface area contributed by atoms with Gasteiger partial charge in [0.25, 0.3) is 5.91 Å². The van der Waals surface area contributed by atoms with Gasteiger partial charge in [-0.2, -0.15) is 0 Å². The summed E-state index contributed by atoms with van der Waals surface area (Å²) in [7, 11) is 0. The summed E-state index contributed by atoms with van der Waals surface area (Å²) >= 11 is 0. The van der Waals surface area contributed by atoms with E-state index in [0.29, 0.717) is 29.7 Å². The zero-order valence-corrected chi connectivity index (χ0v) is 14.8. The van der Waals surface area contributed by atoms with Crippen molar-refractivity contribution in [2.24, 2.45) is 0 Å². The molecule has 1 saturated heterocycles. The van der Waals surface area contributed by atoms with E-state index in [1.807, 2.05) is 12.1 Å². The standard InChI is InChI=1S/C18H21N5O4/c24-17(19-5-6-23-7-9-25-10-8-23)14-3-4-20-18(22-14)21-13-1-2-15-16(11-13)27-12-26-15/h1-4,11H,5-10,12H2,(H,19,24)(H,20,21,22). The summed E-state index contributed by atoms with van der Waals surface area (Å²) in [6.07, 6.45) is 1.55. The number of fused-ring (bicyclic) bond motifs is 1.